The molecule has 0 unspecified atom stereocenters. The molecule has 25 heavy (non-hydrogen) atoms. The molecule has 0 bridgehead atoms. The predicted octanol–water partition coefficient (Wildman–Crippen LogP) is 2.60. The molecular formula is C17H23N5O3. The molecule has 0 saturated carbocycles. The molecule has 8 nitrogen and oxygen atoms in total. The summed E-state index contributed by atoms with van der Waals surface area (Å²) in [5.41, 5.74) is 1.02. The molecule has 0 N–H and O–H groups in total. The highest BCUT2D eigenvalue weighted by Crippen LogP contribution is 2.22. The van der Waals surface area contributed by atoms with Crippen molar-refractivity contribution in [2.75, 3.05) is 31.1 Å². The van der Waals surface area contributed by atoms with E-state index in [0.29, 0.717) is 12.4 Å². The van der Waals surface area contributed by atoms with E-state index < -0.39 is 0 Å². The smallest absolute Gasteiger partial charge is 0.269 e. The molecule has 2 heterocycles. The Morgan fingerprint density at radius 2 is 1.80 bits per heavy atom. The lowest BCUT2D eigenvalue weighted by atomic mass is 9.96. The fourth-order valence-electron chi connectivity index (χ4n) is 2.76. The summed E-state index contributed by atoms with van der Waals surface area (Å²) in [6.07, 6.45) is 0. The Bertz CT molecular complexity index is 727. The Hall–Kier alpha value is -2.48. The van der Waals surface area contributed by atoms with Crippen molar-refractivity contribution < 1.29 is 9.45 Å². The molecule has 1 aliphatic heterocycles. The number of hydrogen-bond donors (Lipinski definition) is 0. The Balaban J connectivity index is 1.55. The molecule has 0 atom stereocenters. The number of rotatable bonds is 4. The van der Waals surface area contributed by atoms with Gasteiger partial charge >= 0.3 is 0 Å². The number of nitrogens with zero attached hydrogens (tertiary/aromatic N) is 5. The van der Waals surface area contributed by atoms with E-state index in [4.69, 9.17) is 4.52 Å². The van der Waals surface area contributed by atoms with Crippen molar-refractivity contribution in [2.24, 2.45) is 0 Å². The first-order valence-electron chi connectivity index (χ1n) is 8.38. The first-order valence-corrected chi connectivity index (χ1v) is 8.38. The van der Waals surface area contributed by atoms with Gasteiger partial charge in [0.25, 0.3) is 5.69 Å². The predicted molar refractivity (Wildman–Crippen MR) is 93.6 cm³/mol. The molecule has 0 amide bonds. The maximum absolute atomic E-state index is 10.7. The topological polar surface area (TPSA) is 88.5 Å². The number of hydrogen-bond acceptors (Lipinski definition) is 7. The normalized spacial score (nSPS) is 16.2. The van der Waals surface area contributed by atoms with Crippen LogP contribution in [0.15, 0.2) is 28.8 Å². The van der Waals surface area contributed by atoms with Crippen molar-refractivity contribution in [1.29, 1.82) is 0 Å². The zero-order chi connectivity index (χ0) is 18.0. The number of aromatic nitrogens is 2. The van der Waals surface area contributed by atoms with Gasteiger partial charge in [-0.05, 0) is 12.1 Å². The van der Waals surface area contributed by atoms with E-state index in [9.17, 15) is 10.1 Å². The largest absolute Gasteiger partial charge is 0.369 e. The van der Waals surface area contributed by atoms with Crippen molar-refractivity contribution in [1.82, 2.24) is 15.0 Å². The van der Waals surface area contributed by atoms with E-state index in [1.807, 2.05) is 0 Å². The van der Waals surface area contributed by atoms with Crippen LogP contribution < -0.4 is 4.90 Å². The van der Waals surface area contributed by atoms with Crippen LogP contribution in [-0.4, -0.2) is 46.1 Å². The molecule has 0 radical (unpaired) electrons. The highest BCUT2D eigenvalue weighted by atomic mass is 16.6. The van der Waals surface area contributed by atoms with Crippen LogP contribution in [0.1, 0.15) is 32.5 Å². The summed E-state index contributed by atoms with van der Waals surface area (Å²) in [4.78, 5) is 19.3. The van der Waals surface area contributed by atoms with Crippen LogP contribution >= 0.6 is 0 Å². The molecule has 1 aromatic heterocycles. The van der Waals surface area contributed by atoms with Crippen molar-refractivity contribution in [3.63, 3.8) is 0 Å². The van der Waals surface area contributed by atoms with Crippen molar-refractivity contribution in [2.45, 2.75) is 32.7 Å². The third-order valence-electron chi connectivity index (χ3n) is 4.30. The van der Waals surface area contributed by atoms with Crippen molar-refractivity contribution in [3.8, 4) is 0 Å². The number of anilines is 1. The van der Waals surface area contributed by atoms with Crippen LogP contribution in [0.4, 0.5) is 11.4 Å². The van der Waals surface area contributed by atoms with Crippen LogP contribution in [0.5, 0.6) is 0 Å². The maximum atomic E-state index is 10.7. The summed E-state index contributed by atoms with van der Waals surface area (Å²) < 4.78 is 5.36. The zero-order valence-electron chi connectivity index (χ0n) is 14.8. The minimum atomic E-state index is -0.377. The highest BCUT2D eigenvalue weighted by molar-refractivity contribution is 5.51. The summed E-state index contributed by atoms with van der Waals surface area (Å²) in [6, 6.07) is 6.71. The SMILES string of the molecule is CC(C)(C)c1noc(CN2CCN(c3ccc([N+](=O)[O-])cc3)CC2)n1. The fraction of sp³-hybridized carbons (Fsp3) is 0.529. The molecule has 134 valence electrons. The molecular weight excluding hydrogens is 322 g/mol. The van der Waals surface area contributed by atoms with Gasteiger partial charge in [0.05, 0.1) is 11.5 Å². The first kappa shape index (κ1) is 17.3. The van der Waals surface area contributed by atoms with Crippen molar-refractivity contribution in [3.05, 3.63) is 46.1 Å². The van der Waals surface area contributed by atoms with Crippen LogP contribution in [-0.2, 0) is 12.0 Å². The molecule has 2 aromatic rings. The van der Waals surface area contributed by atoms with E-state index in [1.165, 1.54) is 0 Å². The number of piperazine rings is 1. The van der Waals surface area contributed by atoms with Gasteiger partial charge in [0.15, 0.2) is 5.82 Å². The summed E-state index contributed by atoms with van der Waals surface area (Å²) in [7, 11) is 0. The lowest BCUT2D eigenvalue weighted by Gasteiger charge is -2.35. The van der Waals surface area contributed by atoms with Gasteiger partial charge in [-0.25, -0.2) is 0 Å². The Morgan fingerprint density at radius 1 is 1.16 bits per heavy atom. The third-order valence-corrected chi connectivity index (χ3v) is 4.30. The van der Waals surface area contributed by atoms with Crippen LogP contribution in [0.3, 0.4) is 0 Å². The minimum Gasteiger partial charge on any atom is -0.369 e. The molecule has 0 spiro atoms. The maximum Gasteiger partial charge on any atom is 0.269 e. The van der Waals surface area contributed by atoms with Crippen LogP contribution in [0.25, 0.3) is 0 Å². The summed E-state index contributed by atoms with van der Waals surface area (Å²) in [5, 5.41) is 14.8. The molecule has 3 rings (SSSR count). The molecule has 0 aliphatic carbocycles. The van der Waals surface area contributed by atoms with Gasteiger partial charge in [-0.3, -0.25) is 15.0 Å². The van der Waals surface area contributed by atoms with Gasteiger partial charge < -0.3 is 9.42 Å². The van der Waals surface area contributed by atoms with E-state index in [0.717, 1.165) is 37.7 Å². The van der Waals surface area contributed by atoms with Gasteiger partial charge in [0, 0.05) is 49.4 Å². The molecule has 1 fully saturated rings. The minimum absolute atomic E-state index is 0.115. The Labute approximate surface area is 146 Å². The van der Waals surface area contributed by atoms with Gasteiger partial charge in [0.1, 0.15) is 0 Å². The first-order chi connectivity index (χ1) is 11.8. The molecule has 8 heteroatoms. The van der Waals surface area contributed by atoms with E-state index in [-0.39, 0.29) is 16.0 Å². The number of benzene rings is 1. The Kier molecular flexibility index (Phi) is 4.71. The average molecular weight is 345 g/mol. The third kappa shape index (κ3) is 4.14. The van der Waals surface area contributed by atoms with Gasteiger partial charge in [0.2, 0.25) is 5.89 Å². The van der Waals surface area contributed by atoms with Gasteiger partial charge in [-0.1, -0.05) is 25.9 Å². The monoisotopic (exact) mass is 345 g/mol. The number of nitro groups is 1. The van der Waals surface area contributed by atoms with E-state index in [2.05, 4.69) is 40.7 Å². The molecule has 1 aromatic carbocycles. The van der Waals surface area contributed by atoms with Crippen LogP contribution in [0, 0.1) is 10.1 Å². The average Bonchev–Trinajstić information content (AvgIpc) is 3.04. The van der Waals surface area contributed by atoms with Crippen molar-refractivity contribution >= 4 is 11.4 Å². The molecule has 1 aliphatic rings. The second-order valence-electron chi connectivity index (χ2n) is 7.30. The lowest BCUT2D eigenvalue weighted by Crippen LogP contribution is -2.46. The fourth-order valence-corrected chi connectivity index (χ4v) is 2.76. The summed E-state index contributed by atoms with van der Waals surface area (Å²) in [6.45, 7) is 10.3. The van der Waals surface area contributed by atoms with Gasteiger partial charge in [-0.2, -0.15) is 4.98 Å². The number of non-ortho nitro benzene ring substituents is 1. The van der Waals surface area contributed by atoms with E-state index in [1.54, 1.807) is 24.3 Å². The second-order valence-corrected chi connectivity index (χ2v) is 7.30. The van der Waals surface area contributed by atoms with Crippen LogP contribution in [0.2, 0.25) is 0 Å². The Morgan fingerprint density at radius 3 is 2.32 bits per heavy atom. The second kappa shape index (κ2) is 6.79. The zero-order valence-corrected chi connectivity index (χ0v) is 14.8. The molecule has 1 saturated heterocycles. The quantitative estimate of drug-likeness (QED) is 0.621. The standard InChI is InChI=1S/C17H23N5O3/c1-17(2,3)16-18-15(25-19-16)12-20-8-10-21(11-9-20)13-4-6-14(7-5-13)22(23)24/h4-7H,8-12H2,1-3H3. The summed E-state index contributed by atoms with van der Waals surface area (Å²) >= 11 is 0. The number of nitro benzene ring substituents is 1. The highest BCUT2D eigenvalue weighted by Gasteiger charge is 2.23. The lowest BCUT2D eigenvalue weighted by molar-refractivity contribution is -0.384. The van der Waals surface area contributed by atoms with E-state index >= 15 is 0 Å². The van der Waals surface area contributed by atoms with Gasteiger partial charge in [-0.15, -0.1) is 0 Å². The summed E-state index contributed by atoms with van der Waals surface area (Å²) in [5.74, 6) is 1.38.